The third-order valence-corrected chi connectivity index (χ3v) is 2.49. The molecule has 7 nitrogen and oxygen atoms in total. The number of hydrazine groups is 1. The van der Waals surface area contributed by atoms with Gasteiger partial charge in [-0.15, -0.1) is 0 Å². The minimum atomic E-state index is -0.492. The molecule has 1 aliphatic rings. The zero-order valence-corrected chi connectivity index (χ0v) is 8.42. The van der Waals surface area contributed by atoms with Crippen molar-refractivity contribution in [3.63, 3.8) is 0 Å². The first-order valence-corrected chi connectivity index (χ1v) is 4.66. The van der Waals surface area contributed by atoms with Gasteiger partial charge in [0.1, 0.15) is 6.73 Å². The third kappa shape index (κ3) is 3.08. The lowest BCUT2D eigenvalue weighted by Crippen LogP contribution is -3.20. The van der Waals surface area contributed by atoms with Crippen molar-refractivity contribution >= 4 is 18.6 Å². The maximum absolute atomic E-state index is 10.9. The number of nitrogens with two attached hydrogens (primary N) is 1. The highest BCUT2D eigenvalue weighted by molar-refractivity contribution is 7.59. The topological polar surface area (TPSA) is 92.3 Å². The van der Waals surface area contributed by atoms with Crippen molar-refractivity contribution < 1.29 is 19.6 Å². The number of nitrogens with one attached hydrogen (secondary N) is 2. The quantitative estimate of drug-likeness (QED) is 0.285. The van der Waals surface area contributed by atoms with Crippen LogP contribution in [-0.2, 0) is 22.3 Å². The summed E-state index contributed by atoms with van der Waals surface area (Å²) >= 11 is 5.07. The molecule has 2 unspecified atom stereocenters. The predicted molar refractivity (Wildman–Crippen MR) is 49.1 cm³/mol. The minimum absolute atomic E-state index is 0.0955. The number of aliphatic hydroxyl groups excluding tert-OH is 1. The van der Waals surface area contributed by atoms with Gasteiger partial charge in [0.2, 0.25) is 0 Å². The maximum Gasteiger partial charge on any atom is 0.380 e. The monoisotopic (exact) mass is 222 g/mol. The fourth-order valence-corrected chi connectivity index (χ4v) is 1.60. The molecule has 0 bridgehead atoms. The van der Waals surface area contributed by atoms with E-state index in [2.05, 4.69) is 10.3 Å². The number of quaternary nitrogens is 1. The molecule has 1 fully saturated rings. The predicted octanol–water partition coefficient (Wildman–Crippen LogP) is -4.11. The first-order valence-electron chi connectivity index (χ1n) is 4.19. The lowest BCUT2D eigenvalue weighted by atomic mass is 10.4. The summed E-state index contributed by atoms with van der Waals surface area (Å²) in [4.78, 5) is 15.8. The number of carbonyl (C=O) groups excluding carboxylic acids is 1. The molecule has 0 aromatic heterocycles. The Morgan fingerprint density at radius 3 is 3.07 bits per heavy atom. The minimum Gasteiger partial charge on any atom is -0.709 e. The molecule has 14 heavy (non-hydrogen) atoms. The van der Waals surface area contributed by atoms with Crippen molar-refractivity contribution in [2.45, 2.75) is 5.50 Å². The molecule has 0 aromatic carbocycles. The second kappa shape index (κ2) is 5.49. The van der Waals surface area contributed by atoms with Gasteiger partial charge in [-0.05, 0) is 0 Å². The molecule has 2 atom stereocenters. The highest BCUT2D eigenvalue weighted by Crippen LogP contribution is 1.84. The van der Waals surface area contributed by atoms with Gasteiger partial charge in [0, 0.05) is 5.50 Å². The van der Waals surface area contributed by atoms with Crippen LogP contribution >= 0.6 is 0 Å². The summed E-state index contributed by atoms with van der Waals surface area (Å²) in [6.45, 7) is 1.33. The van der Waals surface area contributed by atoms with Crippen LogP contribution < -0.4 is 16.2 Å². The molecule has 0 aromatic rings. The standard InChI is InChI=1S/C6H14N4O3S/c7-13-5(12)3-9-1-2-10(4-11)8-6(9)14/h6,8,11,14H,1-4,7H2. The zero-order valence-electron chi connectivity index (χ0n) is 7.60. The van der Waals surface area contributed by atoms with Crippen LogP contribution in [0.2, 0.25) is 0 Å². The summed E-state index contributed by atoms with van der Waals surface area (Å²) in [6.07, 6.45) is 0. The van der Waals surface area contributed by atoms with E-state index in [9.17, 15) is 4.79 Å². The van der Waals surface area contributed by atoms with E-state index in [4.69, 9.17) is 23.6 Å². The zero-order chi connectivity index (χ0) is 10.6. The van der Waals surface area contributed by atoms with Crippen LogP contribution in [0.25, 0.3) is 0 Å². The molecule has 8 heteroatoms. The summed E-state index contributed by atoms with van der Waals surface area (Å²) in [6, 6.07) is 0. The van der Waals surface area contributed by atoms with E-state index in [0.29, 0.717) is 13.1 Å². The van der Waals surface area contributed by atoms with Crippen LogP contribution in [0.5, 0.6) is 0 Å². The van der Waals surface area contributed by atoms with Crippen LogP contribution in [0.4, 0.5) is 0 Å². The number of aliphatic hydroxyl groups is 1. The van der Waals surface area contributed by atoms with Gasteiger partial charge in [0.25, 0.3) is 0 Å². The largest absolute Gasteiger partial charge is 0.709 e. The summed E-state index contributed by atoms with van der Waals surface area (Å²) in [5.41, 5.74) is 2.51. The number of carbonyl (C=O) groups is 1. The highest BCUT2D eigenvalue weighted by Gasteiger charge is 2.23. The normalized spacial score (nSPS) is 28.8. The van der Waals surface area contributed by atoms with E-state index in [1.54, 1.807) is 5.01 Å². The lowest BCUT2D eigenvalue weighted by Gasteiger charge is -2.41. The average Bonchev–Trinajstić information content (AvgIpc) is 2.20. The molecule has 1 aliphatic heterocycles. The van der Waals surface area contributed by atoms with Crippen molar-refractivity contribution in [1.29, 1.82) is 0 Å². The van der Waals surface area contributed by atoms with Crippen LogP contribution in [0, 0.1) is 0 Å². The summed E-state index contributed by atoms with van der Waals surface area (Å²) in [5, 5.41) is 10.4. The van der Waals surface area contributed by atoms with Gasteiger partial charge in [-0.25, -0.2) is 15.2 Å². The molecule has 0 amide bonds. The van der Waals surface area contributed by atoms with Gasteiger partial charge in [-0.1, -0.05) is 0 Å². The first-order chi connectivity index (χ1) is 6.67. The summed E-state index contributed by atoms with van der Waals surface area (Å²) in [5.74, 6) is 4.23. The Kier molecular flexibility index (Phi) is 4.58. The summed E-state index contributed by atoms with van der Waals surface area (Å²) in [7, 11) is 0. The van der Waals surface area contributed by atoms with Crippen molar-refractivity contribution in [2.75, 3.05) is 26.4 Å². The molecule has 0 radical (unpaired) electrons. The number of nitrogens with zero attached hydrogens (tertiary/aromatic N) is 1. The van der Waals surface area contributed by atoms with E-state index in [-0.39, 0.29) is 18.8 Å². The Labute approximate surface area is 87.1 Å². The fraction of sp³-hybridized carbons (Fsp3) is 0.833. The highest BCUT2D eigenvalue weighted by atomic mass is 32.1. The van der Waals surface area contributed by atoms with Crippen LogP contribution in [0.15, 0.2) is 0 Å². The second-order valence-corrected chi connectivity index (χ2v) is 3.46. The van der Waals surface area contributed by atoms with Gasteiger partial charge >= 0.3 is 5.97 Å². The van der Waals surface area contributed by atoms with E-state index in [1.165, 1.54) is 0 Å². The van der Waals surface area contributed by atoms with E-state index in [0.717, 1.165) is 4.90 Å². The smallest absolute Gasteiger partial charge is 0.380 e. The molecular formula is C6H14N4O3S. The Balaban J connectivity index is 2.38. The third-order valence-electron chi connectivity index (χ3n) is 2.05. The lowest BCUT2D eigenvalue weighted by molar-refractivity contribution is -0.914. The first kappa shape index (κ1) is 11.7. The molecule has 1 heterocycles. The summed E-state index contributed by atoms with van der Waals surface area (Å²) < 4.78 is 0. The Bertz CT molecular complexity index is 206. The molecule has 0 aliphatic carbocycles. The van der Waals surface area contributed by atoms with Crippen molar-refractivity contribution in [2.24, 2.45) is 5.90 Å². The van der Waals surface area contributed by atoms with Gasteiger partial charge in [-0.2, -0.15) is 5.90 Å². The fourth-order valence-electron chi connectivity index (χ4n) is 1.25. The van der Waals surface area contributed by atoms with Gasteiger partial charge in [0.05, 0.1) is 13.1 Å². The number of hydrogen-bond donors (Lipinski definition) is 4. The van der Waals surface area contributed by atoms with Crippen molar-refractivity contribution in [1.82, 2.24) is 10.4 Å². The molecule has 0 saturated carbocycles. The van der Waals surface area contributed by atoms with E-state index < -0.39 is 5.97 Å². The average molecular weight is 222 g/mol. The molecule has 82 valence electrons. The van der Waals surface area contributed by atoms with Crippen LogP contribution in [0.3, 0.4) is 0 Å². The van der Waals surface area contributed by atoms with Crippen LogP contribution in [-0.4, -0.2) is 47.9 Å². The van der Waals surface area contributed by atoms with Gasteiger partial charge in [0.15, 0.2) is 6.54 Å². The van der Waals surface area contributed by atoms with Gasteiger partial charge in [-0.3, -0.25) is 0 Å². The van der Waals surface area contributed by atoms with Gasteiger partial charge < -0.3 is 27.5 Å². The Morgan fingerprint density at radius 2 is 2.57 bits per heavy atom. The molecule has 1 rings (SSSR count). The number of hydrogen-bond acceptors (Lipinski definition) is 7. The molecule has 1 saturated heterocycles. The molecule has 5 N–H and O–H groups in total. The van der Waals surface area contributed by atoms with Crippen molar-refractivity contribution in [3.8, 4) is 0 Å². The molecular weight excluding hydrogens is 208 g/mol. The molecule has 0 spiro atoms. The maximum atomic E-state index is 10.9. The number of rotatable bonds is 3. The SMILES string of the molecule is NOC(=O)C[NH+]1CCN(CO)NC1[S-]. The Hall–Kier alpha value is -0.380. The van der Waals surface area contributed by atoms with Crippen molar-refractivity contribution in [3.05, 3.63) is 0 Å². The second-order valence-electron chi connectivity index (χ2n) is 2.99. The Morgan fingerprint density at radius 1 is 1.86 bits per heavy atom. The van der Waals surface area contributed by atoms with E-state index in [1.807, 2.05) is 0 Å². The van der Waals surface area contributed by atoms with Crippen LogP contribution in [0.1, 0.15) is 0 Å². The van der Waals surface area contributed by atoms with E-state index >= 15 is 0 Å².